The van der Waals surface area contributed by atoms with Crippen LogP contribution < -0.4 is 5.32 Å². The number of benzene rings is 9. The Kier molecular flexibility index (Phi) is 9.87. The topological polar surface area (TPSA) is 41.7 Å². The normalized spacial score (nSPS) is 18.0. The average molecular weight is 894 g/mol. The lowest BCUT2D eigenvalue weighted by atomic mass is 9.91. The molecule has 4 nitrogen and oxygen atoms in total. The van der Waals surface area contributed by atoms with E-state index in [1.165, 1.54) is 82.1 Å². The van der Waals surface area contributed by atoms with E-state index in [2.05, 4.69) is 216 Å². The van der Waals surface area contributed by atoms with Crippen molar-refractivity contribution in [2.45, 2.75) is 19.0 Å². The zero-order valence-electron chi connectivity index (χ0n) is 37.2. The quantitative estimate of drug-likeness (QED) is 0.159. The van der Waals surface area contributed by atoms with Crippen LogP contribution in [-0.4, -0.2) is 22.4 Å². The number of rotatable bonds is 7. The van der Waals surface area contributed by atoms with Gasteiger partial charge in [-0.05, 0) is 115 Å². The Morgan fingerprint density at radius 1 is 0.471 bits per heavy atom. The number of para-hydroxylation sites is 1. The molecule has 2 aliphatic carbocycles. The fraction of sp³-hybridized carbons (Fsp3) is 0.0794. The number of aliphatic imine (C=N–C) groups is 2. The molecule has 3 aliphatic rings. The van der Waals surface area contributed by atoms with E-state index in [1.807, 2.05) is 18.2 Å². The van der Waals surface area contributed by atoms with E-state index in [0.717, 1.165) is 46.2 Å². The van der Waals surface area contributed by atoms with Crippen molar-refractivity contribution in [2.24, 2.45) is 21.8 Å². The van der Waals surface area contributed by atoms with Crippen LogP contribution in [0.1, 0.15) is 18.4 Å². The number of fused-ring (bicyclic) bond motifs is 9. The predicted molar refractivity (Wildman–Crippen MR) is 289 cm³/mol. The molecule has 0 amide bonds. The van der Waals surface area contributed by atoms with Crippen molar-refractivity contribution in [1.29, 1.82) is 0 Å². The molecule has 3 atom stereocenters. The number of hydrogen-bond acceptors (Lipinski definition) is 3. The molecule has 13 rings (SSSR count). The van der Waals surface area contributed by atoms with E-state index >= 15 is 0 Å². The number of hydrogen-bond donors (Lipinski definition) is 1. The van der Waals surface area contributed by atoms with Gasteiger partial charge < -0.3 is 9.88 Å². The largest absolute Gasteiger partial charge is 0.347 e. The minimum atomic E-state index is -0.144. The lowest BCUT2D eigenvalue weighted by Gasteiger charge is -2.30. The van der Waals surface area contributed by atoms with E-state index < -0.39 is 0 Å². The number of allylic oxidation sites excluding steroid dienone is 6. The third kappa shape index (κ3) is 7.08. The highest BCUT2D eigenvalue weighted by molar-refractivity contribution is 6.31. The van der Waals surface area contributed by atoms with Crippen molar-refractivity contribution >= 4 is 83.1 Å². The van der Waals surface area contributed by atoms with Crippen LogP contribution >= 0.6 is 11.6 Å². The molecule has 2 heterocycles. The number of nitrogens with zero attached hydrogens (tertiary/aromatic N) is 3. The highest BCUT2D eigenvalue weighted by Crippen LogP contribution is 2.41. The summed E-state index contributed by atoms with van der Waals surface area (Å²) in [5.74, 6) is 1.89. The van der Waals surface area contributed by atoms with Gasteiger partial charge in [0.05, 0.1) is 11.0 Å². The highest BCUT2D eigenvalue weighted by Gasteiger charge is 2.29. The standard InChI is InChI=1S/C63H45ClN4/c64-49-19-11-17-45(36-49)40-27-29-42(30-28-40)62-65-61(41-13-2-1-3-14-41)66-63(67-62)48-18-12-20-50(37-48)68-59-26-9-8-25-56(59)57-34-32-47(39-60(57)68)44-16-10-15-43(35-44)46-31-33-55-53-23-5-4-21-51(53)52-22-6-7-24-54(52)58(55)38-46/h1-13,15-36,38-39,41,48,61H,14,37H2,(H,65,66,67). The van der Waals surface area contributed by atoms with Gasteiger partial charge in [0.15, 0.2) is 0 Å². The molecule has 9 aromatic carbocycles. The van der Waals surface area contributed by atoms with Gasteiger partial charge in [0.2, 0.25) is 0 Å². The number of nitrogens with one attached hydrogen (secondary N) is 1. The van der Waals surface area contributed by atoms with Gasteiger partial charge >= 0.3 is 0 Å². The minimum Gasteiger partial charge on any atom is -0.347 e. The van der Waals surface area contributed by atoms with Gasteiger partial charge in [0, 0.05) is 45.3 Å². The first-order chi connectivity index (χ1) is 33.6. The monoisotopic (exact) mass is 892 g/mol. The van der Waals surface area contributed by atoms with Crippen LogP contribution in [-0.2, 0) is 0 Å². The summed E-state index contributed by atoms with van der Waals surface area (Å²) >= 11 is 6.36. The van der Waals surface area contributed by atoms with E-state index in [0.29, 0.717) is 0 Å². The van der Waals surface area contributed by atoms with Gasteiger partial charge in [-0.2, -0.15) is 0 Å². The summed E-state index contributed by atoms with van der Waals surface area (Å²) in [6.45, 7) is 0. The SMILES string of the molecule is Clc1cccc(-c2ccc(C3=NC(C4C=CC=C(n5c6ccccc6c6ccc(-c7cccc(-c8ccc9c%10ccccc%10c%10ccccc%10c9c8)c7)cc65)C4)=NC(C4C=CC=CC4)N3)cc2)c1. The second-order valence-electron chi connectivity index (χ2n) is 18.2. The first-order valence-electron chi connectivity index (χ1n) is 23.6. The van der Waals surface area contributed by atoms with E-state index in [9.17, 15) is 0 Å². The van der Waals surface area contributed by atoms with Crippen LogP contribution in [0.5, 0.6) is 0 Å². The maximum absolute atomic E-state index is 6.36. The van der Waals surface area contributed by atoms with Gasteiger partial charge in [-0.1, -0.05) is 194 Å². The molecule has 5 heteroatoms. The van der Waals surface area contributed by atoms with Gasteiger partial charge in [0.25, 0.3) is 0 Å². The van der Waals surface area contributed by atoms with Crippen molar-refractivity contribution in [3.8, 4) is 33.4 Å². The predicted octanol–water partition coefficient (Wildman–Crippen LogP) is 16.2. The Morgan fingerprint density at radius 2 is 1.06 bits per heavy atom. The third-order valence-corrected chi connectivity index (χ3v) is 14.4. The second kappa shape index (κ2) is 16.7. The highest BCUT2D eigenvalue weighted by atomic mass is 35.5. The fourth-order valence-corrected chi connectivity index (χ4v) is 11.0. The molecule has 10 aromatic rings. The van der Waals surface area contributed by atoms with Crippen molar-refractivity contribution in [2.75, 3.05) is 0 Å². The molecule has 0 saturated carbocycles. The molecule has 0 radical (unpaired) electrons. The Morgan fingerprint density at radius 3 is 1.78 bits per heavy atom. The molecule has 0 fully saturated rings. The summed E-state index contributed by atoms with van der Waals surface area (Å²) in [7, 11) is 0. The molecule has 3 unspecified atom stereocenters. The van der Waals surface area contributed by atoms with Crippen LogP contribution in [0.2, 0.25) is 5.02 Å². The lowest BCUT2D eigenvalue weighted by Crippen LogP contribution is -2.43. The molecule has 1 N–H and O–H groups in total. The summed E-state index contributed by atoms with van der Waals surface area (Å²) in [6.07, 6.45) is 17.0. The minimum absolute atomic E-state index is 0.0171. The number of halogens is 1. The summed E-state index contributed by atoms with van der Waals surface area (Å²) in [5, 5.41) is 14.6. The summed E-state index contributed by atoms with van der Waals surface area (Å²) in [6, 6.07) is 65.9. The molecule has 0 spiro atoms. The maximum Gasteiger partial charge on any atom is 0.137 e. The Labute approximate surface area is 400 Å². The molecule has 1 aliphatic heterocycles. The molecule has 1 aromatic heterocycles. The fourth-order valence-electron chi connectivity index (χ4n) is 10.8. The molecule has 68 heavy (non-hydrogen) atoms. The summed E-state index contributed by atoms with van der Waals surface area (Å²) in [5.41, 5.74) is 11.6. The average Bonchev–Trinajstić information content (AvgIpc) is 3.75. The number of aromatic nitrogens is 1. The van der Waals surface area contributed by atoms with Crippen molar-refractivity contribution in [3.63, 3.8) is 0 Å². The Bertz CT molecular complexity index is 3830. The van der Waals surface area contributed by atoms with Crippen LogP contribution in [0.3, 0.4) is 0 Å². The summed E-state index contributed by atoms with van der Waals surface area (Å²) in [4.78, 5) is 10.7. The van der Waals surface area contributed by atoms with Crippen molar-refractivity contribution < 1.29 is 0 Å². The molecular weight excluding hydrogens is 848 g/mol. The number of amidine groups is 2. The summed E-state index contributed by atoms with van der Waals surface area (Å²) < 4.78 is 2.47. The van der Waals surface area contributed by atoms with Crippen molar-refractivity contribution in [1.82, 2.24) is 9.88 Å². The zero-order chi connectivity index (χ0) is 45.1. The lowest BCUT2D eigenvalue weighted by molar-refractivity contribution is 0.472. The molecular formula is C63H45ClN4. The van der Waals surface area contributed by atoms with Gasteiger partial charge in [0.1, 0.15) is 17.8 Å². The molecule has 0 bridgehead atoms. The Balaban J connectivity index is 0.858. The smallest absolute Gasteiger partial charge is 0.137 e. The second-order valence-corrected chi connectivity index (χ2v) is 18.6. The first-order valence-corrected chi connectivity index (χ1v) is 23.9. The van der Waals surface area contributed by atoms with Crippen LogP contribution in [0.25, 0.3) is 93.2 Å². The van der Waals surface area contributed by atoms with Crippen LogP contribution in [0, 0.1) is 11.8 Å². The van der Waals surface area contributed by atoms with Gasteiger partial charge in [-0.25, -0.2) is 9.98 Å². The van der Waals surface area contributed by atoms with E-state index in [-0.39, 0.29) is 18.0 Å². The maximum atomic E-state index is 6.36. The van der Waals surface area contributed by atoms with Crippen LogP contribution in [0.4, 0.5) is 0 Å². The Hall–Kier alpha value is -8.05. The van der Waals surface area contributed by atoms with Crippen LogP contribution in [0.15, 0.2) is 235 Å². The van der Waals surface area contributed by atoms with E-state index in [4.69, 9.17) is 21.6 Å². The first kappa shape index (κ1) is 40.2. The third-order valence-electron chi connectivity index (χ3n) is 14.1. The molecule has 0 saturated heterocycles. The zero-order valence-corrected chi connectivity index (χ0v) is 38.0. The van der Waals surface area contributed by atoms with E-state index in [1.54, 1.807) is 0 Å². The molecule has 324 valence electrons. The van der Waals surface area contributed by atoms with Crippen molar-refractivity contribution in [3.05, 3.63) is 235 Å². The van der Waals surface area contributed by atoms with Gasteiger partial charge in [-0.15, -0.1) is 0 Å². The van der Waals surface area contributed by atoms with Gasteiger partial charge in [-0.3, -0.25) is 0 Å².